The number of likely N-dealkylation sites (N-methyl/N-ethyl adjacent to an activating group) is 1. The first-order chi connectivity index (χ1) is 15.7. The van der Waals surface area contributed by atoms with Gasteiger partial charge in [0.2, 0.25) is 5.91 Å². The molecule has 0 spiro atoms. The van der Waals surface area contributed by atoms with Crippen LogP contribution in [0.2, 0.25) is 5.02 Å². The van der Waals surface area contributed by atoms with Gasteiger partial charge >= 0.3 is 0 Å². The highest BCUT2D eigenvalue weighted by Gasteiger charge is 2.23. The molecular formula is C25H29ClN4O3. The summed E-state index contributed by atoms with van der Waals surface area (Å²) in [7, 11) is 0. The van der Waals surface area contributed by atoms with Crippen LogP contribution in [-0.2, 0) is 15.0 Å². The zero-order chi connectivity index (χ0) is 24.0. The number of hydrogen-bond acceptors (Lipinski definition) is 4. The van der Waals surface area contributed by atoms with Crippen molar-refractivity contribution in [3.63, 3.8) is 0 Å². The van der Waals surface area contributed by atoms with Crippen LogP contribution in [0.4, 0.5) is 5.82 Å². The molecule has 0 atom stereocenters. The van der Waals surface area contributed by atoms with Gasteiger partial charge in [-0.1, -0.05) is 50.6 Å². The number of halogens is 1. The van der Waals surface area contributed by atoms with E-state index in [2.05, 4.69) is 26.1 Å². The fourth-order valence-electron chi connectivity index (χ4n) is 3.10. The molecule has 1 N–H and O–H groups in total. The number of anilines is 1. The van der Waals surface area contributed by atoms with Gasteiger partial charge in [-0.3, -0.25) is 9.59 Å². The maximum Gasteiger partial charge on any atom is 0.260 e. The Balaban J connectivity index is 1.72. The van der Waals surface area contributed by atoms with Gasteiger partial charge in [0.25, 0.3) is 5.91 Å². The van der Waals surface area contributed by atoms with Crippen LogP contribution in [0.5, 0.6) is 5.75 Å². The van der Waals surface area contributed by atoms with Gasteiger partial charge in [-0.15, -0.1) is 0 Å². The van der Waals surface area contributed by atoms with Crippen LogP contribution >= 0.6 is 11.6 Å². The Morgan fingerprint density at radius 3 is 2.36 bits per heavy atom. The van der Waals surface area contributed by atoms with Gasteiger partial charge in [0, 0.05) is 23.0 Å². The minimum atomic E-state index is -0.319. The number of amides is 2. The molecule has 2 amide bonds. The van der Waals surface area contributed by atoms with E-state index in [0.717, 1.165) is 11.4 Å². The Morgan fingerprint density at radius 2 is 1.76 bits per heavy atom. The Labute approximate surface area is 199 Å². The van der Waals surface area contributed by atoms with E-state index in [1.165, 1.54) is 4.90 Å². The third-order valence-corrected chi connectivity index (χ3v) is 5.24. The summed E-state index contributed by atoms with van der Waals surface area (Å²) in [4.78, 5) is 26.9. The second-order valence-corrected chi connectivity index (χ2v) is 9.05. The number of carbonyl (C=O) groups excluding carboxylic acids is 2. The number of nitrogens with zero attached hydrogens (tertiary/aromatic N) is 3. The van der Waals surface area contributed by atoms with Crippen molar-refractivity contribution in [3.05, 3.63) is 71.4 Å². The first-order valence-corrected chi connectivity index (χ1v) is 11.2. The van der Waals surface area contributed by atoms with Gasteiger partial charge in [-0.05, 0) is 43.3 Å². The van der Waals surface area contributed by atoms with Crippen molar-refractivity contribution < 1.29 is 14.3 Å². The predicted octanol–water partition coefficient (Wildman–Crippen LogP) is 4.69. The Hall–Kier alpha value is -3.32. The maximum absolute atomic E-state index is 12.8. The molecule has 0 saturated carbocycles. The minimum Gasteiger partial charge on any atom is -0.484 e. The zero-order valence-electron chi connectivity index (χ0n) is 19.3. The SMILES string of the molecule is CCN(CC(=O)Nc1cc(C(C)(C)C)nn1-c1ccc(Cl)cc1)C(=O)COc1ccccc1. The molecule has 0 aliphatic carbocycles. The molecule has 3 rings (SSSR count). The molecule has 0 fully saturated rings. The lowest BCUT2D eigenvalue weighted by Crippen LogP contribution is -2.40. The third kappa shape index (κ3) is 6.58. The molecule has 0 saturated heterocycles. The highest BCUT2D eigenvalue weighted by atomic mass is 35.5. The number of carbonyl (C=O) groups is 2. The van der Waals surface area contributed by atoms with E-state index in [1.807, 2.05) is 43.3 Å². The topological polar surface area (TPSA) is 76.5 Å². The summed E-state index contributed by atoms with van der Waals surface area (Å²) in [6, 6.07) is 18.2. The molecule has 0 bridgehead atoms. The van der Waals surface area contributed by atoms with Crippen molar-refractivity contribution >= 4 is 29.2 Å². The van der Waals surface area contributed by atoms with Gasteiger partial charge in [-0.2, -0.15) is 5.10 Å². The number of rotatable bonds is 8. The van der Waals surface area contributed by atoms with E-state index in [-0.39, 0.29) is 30.4 Å². The van der Waals surface area contributed by atoms with Gasteiger partial charge in [0.1, 0.15) is 11.6 Å². The summed E-state index contributed by atoms with van der Waals surface area (Å²) in [6.07, 6.45) is 0. The van der Waals surface area contributed by atoms with E-state index >= 15 is 0 Å². The van der Waals surface area contributed by atoms with Crippen LogP contribution in [0.1, 0.15) is 33.4 Å². The Morgan fingerprint density at radius 1 is 1.09 bits per heavy atom. The summed E-state index contributed by atoms with van der Waals surface area (Å²) >= 11 is 6.02. The standard InChI is InChI=1S/C25H29ClN4O3/c1-5-29(24(32)17-33-20-9-7-6-8-10-20)16-23(31)27-22-15-21(25(2,3)4)28-30(22)19-13-11-18(26)12-14-19/h6-15H,5,16-17H2,1-4H3,(H,27,31). The van der Waals surface area contributed by atoms with Crippen LogP contribution in [0.15, 0.2) is 60.7 Å². The van der Waals surface area contributed by atoms with Gasteiger partial charge in [0.15, 0.2) is 6.61 Å². The summed E-state index contributed by atoms with van der Waals surface area (Å²) in [5, 5.41) is 8.21. The molecule has 174 valence electrons. The molecule has 0 unspecified atom stereocenters. The highest BCUT2D eigenvalue weighted by molar-refractivity contribution is 6.30. The van der Waals surface area contributed by atoms with Gasteiger partial charge in [-0.25, -0.2) is 4.68 Å². The normalized spacial score (nSPS) is 11.2. The summed E-state index contributed by atoms with van der Waals surface area (Å²) in [6.45, 7) is 8.13. The molecule has 0 radical (unpaired) electrons. The van der Waals surface area contributed by atoms with E-state index in [4.69, 9.17) is 21.4 Å². The van der Waals surface area contributed by atoms with E-state index in [9.17, 15) is 9.59 Å². The molecular weight excluding hydrogens is 440 g/mol. The van der Waals surface area contributed by atoms with Crippen LogP contribution < -0.4 is 10.1 Å². The molecule has 7 nitrogen and oxygen atoms in total. The molecule has 8 heteroatoms. The average molecular weight is 469 g/mol. The number of ether oxygens (including phenoxy) is 1. The average Bonchev–Trinajstić information content (AvgIpc) is 3.21. The van der Waals surface area contributed by atoms with Crippen LogP contribution in [0.3, 0.4) is 0 Å². The lowest BCUT2D eigenvalue weighted by molar-refractivity contribution is -0.136. The summed E-state index contributed by atoms with van der Waals surface area (Å²) in [5.74, 6) is 0.544. The molecule has 0 aliphatic heterocycles. The fraction of sp³-hybridized carbons (Fsp3) is 0.320. The lowest BCUT2D eigenvalue weighted by atomic mass is 9.92. The molecule has 33 heavy (non-hydrogen) atoms. The quantitative estimate of drug-likeness (QED) is 0.520. The largest absolute Gasteiger partial charge is 0.484 e. The minimum absolute atomic E-state index is 0.0931. The molecule has 0 aliphatic rings. The first kappa shape index (κ1) is 24.3. The molecule has 3 aromatic rings. The van der Waals surface area contributed by atoms with E-state index in [1.54, 1.807) is 28.9 Å². The third-order valence-electron chi connectivity index (χ3n) is 4.99. The maximum atomic E-state index is 12.8. The van der Waals surface area contributed by atoms with Crippen molar-refractivity contribution in [3.8, 4) is 11.4 Å². The van der Waals surface area contributed by atoms with E-state index < -0.39 is 0 Å². The molecule has 1 aromatic heterocycles. The second-order valence-electron chi connectivity index (χ2n) is 8.61. The van der Waals surface area contributed by atoms with Gasteiger partial charge in [0.05, 0.1) is 17.9 Å². The highest BCUT2D eigenvalue weighted by Crippen LogP contribution is 2.26. The van der Waals surface area contributed by atoms with Crippen molar-refractivity contribution in [2.24, 2.45) is 0 Å². The van der Waals surface area contributed by atoms with Crippen LogP contribution in [-0.4, -0.2) is 46.2 Å². The lowest BCUT2D eigenvalue weighted by Gasteiger charge is -2.20. The van der Waals surface area contributed by atoms with Crippen molar-refractivity contribution in [1.82, 2.24) is 14.7 Å². The zero-order valence-corrected chi connectivity index (χ0v) is 20.1. The number of hydrogen-bond donors (Lipinski definition) is 1. The number of nitrogens with one attached hydrogen (secondary N) is 1. The van der Waals surface area contributed by atoms with Gasteiger partial charge < -0.3 is 15.0 Å². The fourth-order valence-corrected chi connectivity index (χ4v) is 3.23. The van der Waals surface area contributed by atoms with E-state index in [0.29, 0.717) is 23.1 Å². The molecule has 1 heterocycles. The second kappa shape index (κ2) is 10.5. The summed E-state index contributed by atoms with van der Waals surface area (Å²) < 4.78 is 7.20. The monoisotopic (exact) mass is 468 g/mol. The Kier molecular flexibility index (Phi) is 7.76. The van der Waals surface area contributed by atoms with Crippen molar-refractivity contribution in [1.29, 1.82) is 0 Å². The van der Waals surface area contributed by atoms with Crippen molar-refractivity contribution in [2.45, 2.75) is 33.1 Å². The number of aromatic nitrogens is 2. The Bertz CT molecular complexity index is 1090. The predicted molar refractivity (Wildman–Crippen MR) is 130 cm³/mol. The summed E-state index contributed by atoms with van der Waals surface area (Å²) in [5.41, 5.74) is 1.38. The van der Waals surface area contributed by atoms with Crippen molar-refractivity contribution in [2.75, 3.05) is 25.0 Å². The van der Waals surface area contributed by atoms with Crippen LogP contribution in [0.25, 0.3) is 5.69 Å². The number of para-hydroxylation sites is 1. The smallest absolute Gasteiger partial charge is 0.260 e. The van der Waals surface area contributed by atoms with Crippen LogP contribution in [0, 0.1) is 0 Å². The number of benzene rings is 2. The molecule has 2 aromatic carbocycles. The first-order valence-electron chi connectivity index (χ1n) is 10.8.